The highest BCUT2D eigenvalue weighted by Crippen LogP contribution is 2.32. The number of anilines is 1. The van der Waals surface area contributed by atoms with Gasteiger partial charge in [-0.25, -0.2) is 0 Å². The van der Waals surface area contributed by atoms with Gasteiger partial charge in [0, 0.05) is 0 Å². The molecule has 1 N–H and O–H groups in total. The van der Waals surface area contributed by atoms with Crippen LogP contribution in [0.1, 0.15) is 19.4 Å². The van der Waals surface area contributed by atoms with E-state index in [2.05, 4.69) is 12.2 Å². The van der Waals surface area contributed by atoms with Crippen LogP contribution in [0, 0.1) is 5.92 Å². The van der Waals surface area contributed by atoms with Gasteiger partial charge in [0.15, 0.2) is 0 Å². The molecule has 1 heterocycles. The number of hydrogen-bond donors (Lipinski definition) is 1. The van der Waals surface area contributed by atoms with Crippen LogP contribution < -0.4 is 10.1 Å². The van der Waals surface area contributed by atoms with Crippen LogP contribution in [0.5, 0.6) is 5.75 Å². The van der Waals surface area contributed by atoms with Crippen molar-refractivity contribution in [2.24, 2.45) is 5.92 Å². The van der Waals surface area contributed by atoms with Gasteiger partial charge in [-0.1, -0.05) is 26.0 Å². The van der Waals surface area contributed by atoms with Crippen molar-refractivity contribution in [2.75, 3.05) is 11.9 Å². The fourth-order valence-electron chi connectivity index (χ4n) is 1.67. The lowest BCUT2D eigenvalue weighted by atomic mass is 10.1. The monoisotopic (exact) mass is 205 g/mol. The third-order valence-electron chi connectivity index (χ3n) is 2.66. The maximum atomic E-state index is 11.6. The van der Waals surface area contributed by atoms with E-state index in [1.54, 1.807) is 0 Å². The first-order valence-electron chi connectivity index (χ1n) is 5.28. The van der Waals surface area contributed by atoms with E-state index in [-0.39, 0.29) is 11.8 Å². The van der Waals surface area contributed by atoms with Gasteiger partial charge in [-0.2, -0.15) is 0 Å². The summed E-state index contributed by atoms with van der Waals surface area (Å²) in [6.45, 7) is 4.40. The maximum Gasteiger partial charge on any atom is 0.230 e. The zero-order chi connectivity index (χ0) is 10.8. The van der Waals surface area contributed by atoms with Crippen molar-refractivity contribution in [3.63, 3.8) is 0 Å². The summed E-state index contributed by atoms with van der Waals surface area (Å²) in [5, 5.41) is 2.88. The van der Waals surface area contributed by atoms with E-state index in [0.717, 1.165) is 23.4 Å². The lowest BCUT2D eigenvalue weighted by Gasteiger charge is -2.10. The Hall–Kier alpha value is -1.51. The molecule has 1 aliphatic heterocycles. The molecule has 3 nitrogen and oxygen atoms in total. The van der Waals surface area contributed by atoms with Crippen LogP contribution in [0.4, 0.5) is 5.69 Å². The van der Waals surface area contributed by atoms with E-state index in [4.69, 9.17) is 4.74 Å². The molecule has 15 heavy (non-hydrogen) atoms. The normalized spacial score (nSPS) is 19.9. The predicted octanol–water partition coefficient (Wildman–Crippen LogP) is 2.22. The molecule has 1 amide bonds. The SMILES string of the molecule is CCc1cccc2c1OCC(C)C(=O)N2. The quantitative estimate of drug-likeness (QED) is 0.763. The minimum Gasteiger partial charge on any atom is -0.490 e. The standard InChI is InChI=1S/C12H15NO2/c1-3-9-5-4-6-10-11(9)15-7-8(2)12(14)13-10/h4-6,8H,3,7H2,1-2H3,(H,13,14). The van der Waals surface area contributed by atoms with E-state index >= 15 is 0 Å². The fraction of sp³-hybridized carbons (Fsp3) is 0.417. The van der Waals surface area contributed by atoms with Gasteiger partial charge < -0.3 is 10.1 Å². The predicted molar refractivity (Wildman–Crippen MR) is 59.1 cm³/mol. The number of carbonyl (C=O) groups excluding carboxylic acids is 1. The van der Waals surface area contributed by atoms with Crippen LogP contribution in [0.2, 0.25) is 0 Å². The van der Waals surface area contributed by atoms with Crippen LogP contribution >= 0.6 is 0 Å². The molecule has 2 rings (SSSR count). The van der Waals surface area contributed by atoms with Crippen molar-refractivity contribution in [1.29, 1.82) is 0 Å². The van der Waals surface area contributed by atoms with E-state index in [1.165, 1.54) is 0 Å². The number of rotatable bonds is 1. The van der Waals surface area contributed by atoms with E-state index < -0.39 is 0 Å². The molecule has 0 spiro atoms. The lowest BCUT2D eigenvalue weighted by molar-refractivity contribution is -0.119. The summed E-state index contributed by atoms with van der Waals surface area (Å²) in [5.74, 6) is 0.766. The number of hydrogen-bond acceptors (Lipinski definition) is 2. The van der Waals surface area contributed by atoms with E-state index in [9.17, 15) is 4.79 Å². The van der Waals surface area contributed by atoms with Gasteiger partial charge in [0.05, 0.1) is 18.2 Å². The van der Waals surface area contributed by atoms with E-state index in [0.29, 0.717) is 6.61 Å². The van der Waals surface area contributed by atoms with Crippen LogP contribution in [0.25, 0.3) is 0 Å². The van der Waals surface area contributed by atoms with Crippen molar-refractivity contribution >= 4 is 11.6 Å². The number of para-hydroxylation sites is 1. The highest BCUT2D eigenvalue weighted by molar-refractivity contribution is 5.94. The minimum atomic E-state index is -0.0953. The van der Waals surface area contributed by atoms with Gasteiger partial charge in [-0.3, -0.25) is 4.79 Å². The van der Waals surface area contributed by atoms with Crippen molar-refractivity contribution in [3.05, 3.63) is 23.8 Å². The Kier molecular flexibility index (Phi) is 2.62. The highest BCUT2D eigenvalue weighted by Gasteiger charge is 2.21. The molecule has 1 aliphatic rings. The van der Waals surface area contributed by atoms with Gasteiger partial charge >= 0.3 is 0 Å². The third kappa shape index (κ3) is 1.82. The molecule has 1 atom stereocenters. The molecular formula is C12H15NO2. The van der Waals surface area contributed by atoms with Crippen molar-refractivity contribution in [3.8, 4) is 5.75 Å². The molecule has 1 unspecified atom stereocenters. The Morgan fingerprint density at radius 1 is 1.53 bits per heavy atom. The Balaban J connectivity index is 2.42. The first kappa shape index (κ1) is 10.0. The molecule has 0 radical (unpaired) electrons. The van der Waals surface area contributed by atoms with Crippen molar-refractivity contribution in [1.82, 2.24) is 0 Å². The molecule has 1 aromatic carbocycles. The van der Waals surface area contributed by atoms with Crippen LogP contribution in [-0.4, -0.2) is 12.5 Å². The zero-order valence-electron chi connectivity index (χ0n) is 9.04. The second-order valence-corrected chi connectivity index (χ2v) is 3.85. The van der Waals surface area contributed by atoms with Gasteiger partial charge in [0.2, 0.25) is 5.91 Å². The molecule has 0 bridgehead atoms. The molecule has 0 aromatic heterocycles. The number of benzene rings is 1. The van der Waals surface area contributed by atoms with E-state index in [1.807, 2.05) is 25.1 Å². The van der Waals surface area contributed by atoms with Crippen molar-refractivity contribution in [2.45, 2.75) is 20.3 Å². The molecule has 0 saturated carbocycles. The molecule has 0 saturated heterocycles. The molecule has 80 valence electrons. The Morgan fingerprint density at radius 2 is 2.33 bits per heavy atom. The Bertz CT molecular complexity index is 387. The topological polar surface area (TPSA) is 38.3 Å². The maximum absolute atomic E-state index is 11.6. The zero-order valence-corrected chi connectivity index (χ0v) is 9.04. The molecule has 0 aliphatic carbocycles. The minimum absolute atomic E-state index is 0.0296. The number of amides is 1. The summed E-state index contributed by atoms with van der Waals surface area (Å²) in [7, 11) is 0. The Labute approximate surface area is 89.4 Å². The van der Waals surface area contributed by atoms with Gasteiger partial charge in [0.1, 0.15) is 5.75 Å². The number of nitrogens with one attached hydrogen (secondary N) is 1. The molecular weight excluding hydrogens is 190 g/mol. The first-order valence-corrected chi connectivity index (χ1v) is 5.28. The summed E-state index contributed by atoms with van der Waals surface area (Å²) in [4.78, 5) is 11.6. The first-order chi connectivity index (χ1) is 7.22. The highest BCUT2D eigenvalue weighted by atomic mass is 16.5. The van der Waals surface area contributed by atoms with Gasteiger partial charge in [-0.15, -0.1) is 0 Å². The summed E-state index contributed by atoms with van der Waals surface area (Å²) in [5.41, 5.74) is 1.94. The van der Waals surface area contributed by atoms with Gasteiger partial charge in [-0.05, 0) is 18.1 Å². The van der Waals surface area contributed by atoms with Crippen molar-refractivity contribution < 1.29 is 9.53 Å². The lowest BCUT2D eigenvalue weighted by Crippen LogP contribution is -2.21. The average molecular weight is 205 g/mol. The van der Waals surface area contributed by atoms with Crippen LogP contribution in [-0.2, 0) is 11.2 Å². The molecule has 0 fully saturated rings. The van der Waals surface area contributed by atoms with Gasteiger partial charge in [0.25, 0.3) is 0 Å². The number of fused-ring (bicyclic) bond motifs is 1. The smallest absolute Gasteiger partial charge is 0.230 e. The summed E-state index contributed by atoms with van der Waals surface area (Å²) >= 11 is 0. The van der Waals surface area contributed by atoms with Crippen LogP contribution in [0.3, 0.4) is 0 Å². The number of ether oxygens (including phenoxy) is 1. The molecule has 3 heteroatoms. The van der Waals surface area contributed by atoms with Crippen LogP contribution in [0.15, 0.2) is 18.2 Å². The summed E-state index contributed by atoms with van der Waals surface area (Å²) in [6, 6.07) is 5.85. The number of aryl methyl sites for hydroxylation is 1. The second kappa shape index (κ2) is 3.93. The Morgan fingerprint density at radius 3 is 3.07 bits per heavy atom. The summed E-state index contributed by atoms with van der Waals surface area (Å²) in [6.07, 6.45) is 0.910. The molecule has 1 aromatic rings. The third-order valence-corrected chi connectivity index (χ3v) is 2.66. The summed E-state index contributed by atoms with van der Waals surface area (Å²) < 4.78 is 5.67. The second-order valence-electron chi connectivity index (χ2n) is 3.85. The largest absolute Gasteiger partial charge is 0.490 e. The fourth-order valence-corrected chi connectivity index (χ4v) is 1.67. The average Bonchev–Trinajstić information content (AvgIpc) is 2.39. The number of carbonyl (C=O) groups is 1.